The first-order valence-corrected chi connectivity index (χ1v) is 10.8. The van der Waals surface area contributed by atoms with Crippen LogP contribution in [0.4, 0.5) is 0 Å². The molecule has 166 valence electrons. The molecular weight excluding hydrogens is 385 g/mol. The fourth-order valence-electron chi connectivity index (χ4n) is 3.91. The van der Waals surface area contributed by atoms with Crippen molar-refractivity contribution in [3.8, 4) is 0 Å². The number of rotatable bonds is 12. The zero-order valence-electron chi connectivity index (χ0n) is 17.7. The summed E-state index contributed by atoms with van der Waals surface area (Å²) in [5.41, 5.74) is 0. The molecule has 0 saturated carbocycles. The second kappa shape index (κ2) is 12.8. The number of piperazine rings is 1. The van der Waals surface area contributed by atoms with E-state index < -0.39 is 5.97 Å². The number of hydrogen-bond acceptors (Lipinski definition) is 6. The number of carboxylic acid groups (broad SMARTS) is 1. The molecule has 2 aliphatic heterocycles. The molecule has 2 aliphatic rings. The first-order chi connectivity index (χ1) is 13.9. The average Bonchev–Trinajstić information content (AvgIpc) is 3.10. The molecule has 3 N–H and O–H groups in total. The number of amides is 2. The molecule has 9 nitrogen and oxygen atoms in total. The van der Waals surface area contributed by atoms with Gasteiger partial charge in [0.1, 0.15) is 0 Å². The van der Waals surface area contributed by atoms with Crippen molar-refractivity contribution in [1.29, 1.82) is 0 Å². The van der Waals surface area contributed by atoms with Gasteiger partial charge in [-0.2, -0.15) is 0 Å². The molecule has 1 unspecified atom stereocenters. The smallest absolute Gasteiger partial charge is 0.303 e. The van der Waals surface area contributed by atoms with Crippen molar-refractivity contribution in [2.75, 3.05) is 66.0 Å². The number of likely N-dealkylation sites (N-methyl/N-ethyl adjacent to an activating group) is 1. The summed E-state index contributed by atoms with van der Waals surface area (Å²) < 4.78 is 0. The molecule has 2 fully saturated rings. The molecule has 2 amide bonds. The zero-order chi connectivity index (χ0) is 21.1. The van der Waals surface area contributed by atoms with E-state index in [0.29, 0.717) is 44.9 Å². The number of carbonyl (C=O) groups is 3. The molecule has 0 aromatic carbocycles. The van der Waals surface area contributed by atoms with Crippen LogP contribution in [0.3, 0.4) is 0 Å². The number of carbonyl (C=O) groups excluding carboxylic acids is 2. The van der Waals surface area contributed by atoms with Gasteiger partial charge in [0.05, 0.1) is 6.54 Å². The third-order valence-corrected chi connectivity index (χ3v) is 5.70. The van der Waals surface area contributed by atoms with E-state index >= 15 is 0 Å². The van der Waals surface area contributed by atoms with Crippen molar-refractivity contribution < 1.29 is 19.5 Å². The number of hydrogen-bond donors (Lipinski definition) is 3. The highest BCUT2D eigenvalue weighted by Crippen LogP contribution is 2.18. The summed E-state index contributed by atoms with van der Waals surface area (Å²) in [4.78, 5) is 41.5. The van der Waals surface area contributed by atoms with Gasteiger partial charge in [-0.3, -0.25) is 24.2 Å². The van der Waals surface area contributed by atoms with Crippen molar-refractivity contribution in [2.24, 2.45) is 0 Å². The van der Waals surface area contributed by atoms with Crippen LogP contribution in [0.2, 0.25) is 0 Å². The maximum atomic E-state index is 12.3. The number of carboxylic acids is 1. The minimum absolute atomic E-state index is 0.0251. The van der Waals surface area contributed by atoms with Crippen LogP contribution in [0.25, 0.3) is 0 Å². The summed E-state index contributed by atoms with van der Waals surface area (Å²) >= 11 is 0. The summed E-state index contributed by atoms with van der Waals surface area (Å²) in [6.45, 7) is 7.74. The molecular formula is C20H37N5O4. The lowest BCUT2D eigenvalue weighted by molar-refractivity contribution is -0.137. The molecule has 1 atom stereocenters. The van der Waals surface area contributed by atoms with Gasteiger partial charge in [-0.1, -0.05) is 0 Å². The topological polar surface area (TPSA) is 105 Å². The quantitative estimate of drug-likeness (QED) is 0.223. The molecule has 0 aromatic heterocycles. The second-order valence-corrected chi connectivity index (χ2v) is 8.17. The lowest BCUT2D eigenvalue weighted by Crippen LogP contribution is -2.50. The van der Waals surface area contributed by atoms with Gasteiger partial charge in [-0.15, -0.1) is 0 Å². The summed E-state index contributed by atoms with van der Waals surface area (Å²) in [6.07, 6.45) is 3.71. The lowest BCUT2D eigenvalue weighted by Gasteiger charge is -2.36. The van der Waals surface area contributed by atoms with Gasteiger partial charge < -0.3 is 20.6 Å². The van der Waals surface area contributed by atoms with E-state index in [9.17, 15) is 14.4 Å². The molecule has 2 rings (SSSR count). The van der Waals surface area contributed by atoms with Gasteiger partial charge in [-0.25, -0.2) is 0 Å². The van der Waals surface area contributed by atoms with E-state index in [1.54, 1.807) is 0 Å². The van der Waals surface area contributed by atoms with E-state index in [1.165, 1.54) is 0 Å². The third-order valence-electron chi connectivity index (χ3n) is 5.70. The van der Waals surface area contributed by atoms with Gasteiger partial charge in [0.15, 0.2) is 0 Å². The Morgan fingerprint density at radius 1 is 0.931 bits per heavy atom. The molecule has 0 aromatic rings. The molecule has 9 heteroatoms. The Balaban J connectivity index is 1.55. The van der Waals surface area contributed by atoms with Crippen molar-refractivity contribution >= 4 is 17.8 Å². The van der Waals surface area contributed by atoms with Crippen LogP contribution in [0, 0.1) is 0 Å². The van der Waals surface area contributed by atoms with Gasteiger partial charge in [0.25, 0.3) is 0 Å². The standard InChI is InChI=1S/C20H37N5O4/c1-23-11-13-24(14-12-23)15-17-5-4-10-25(17)16-19(27)22-8-2-6-18(26)21-9-3-7-20(28)29/h17H,2-16H2,1H3,(H,21,26)(H,22,27)(H,28,29)/i3+1,7+1,9+1,11+1,13+1,15+1,17+1,18+1,20+1,24+1,25+1. The normalized spacial score (nSPS) is 21.2. The highest BCUT2D eigenvalue weighted by Gasteiger charge is 2.28. The Morgan fingerprint density at radius 2 is 1.59 bits per heavy atom. The first-order valence-electron chi connectivity index (χ1n) is 10.8. The largest absolute Gasteiger partial charge is 0.481 e. The molecule has 0 bridgehead atoms. The first kappa shape index (κ1) is 23.6. The van der Waals surface area contributed by atoms with Crippen molar-refractivity contribution in [3.05, 3.63) is 0 Å². The van der Waals surface area contributed by atoms with Gasteiger partial charge >= 0.3 is 5.97 Å². The van der Waals surface area contributed by atoms with Crippen LogP contribution in [-0.2, 0) is 14.4 Å². The van der Waals surface area contributed by atoms with E-state index in [4.69, 9.17) is 5.11 Å². The van der Waals surface area contributed by atoms with Gasteiger partial charge in [0, 0.05) is 64.7 Å². The van der Waals surface area contributed by atoms with Crippen molar-refractivity contribution in [1.82, 2.24) is 25.3 Å². The fraction of sp³-hybridized carbons (Fsp3) is 0.850. The lowest BCUT2D eigenvalue weighted by atomic mass is 10.4. The van der Waals surface area contributed by atoms with Crippen LogP contribution in [0.1, 0.15) is 38.5 Å². The SMILES string of the molecule is CN1CC[15N]([13CH2][13CH]2CCC[15N]2CC(=O)NCCC[13C](=O)N[13CH2][13CH2][13CH2][13C](=O)O)[13CH2][13CH2]1. The maximum Gasteiger partial charge on any atom is 0.303 e. The predicted molar refractivity (Wildman–Crippen MR) is 111 cm³/mol. The Kier molecular flexibility index (Phi) is 10.4. The molecule has 2 saturated heterocycles. The van der Waals surface area contributed by atoms with Crippen LogP contribution < -0.4 is 10.6 Å². The Hall–Kier alpha value is -1.71. The second-order valence-electron chi connectivity index (χ2n) is 8.17. The van der Waals surface area contributed by atoms with Crippen molar-refractivity contribution in [3.63, 3.8) is 0 Å². The minimum atomic E-state index is -0.856. The fourth-order valence-corrected chi connectivity index (χ4v) is 3.91. The van der Waals surface area contributed by atoms with Crippen LogP contribution in [0.15, 0.2) is 0 Å². The zero-order valence-corrected chi connectivity index (χ0v) is 17.7. The van der Waals surface area contributed by atoms with Crippen molar-refractivity contribution in [2.45, 2.75) is 44.6 Å². The Morgan fingerprint density at radius 3 is 2.28 bits per heavy atom. The summed E-state index contributed by atoms with van der Waals surface area (Å²) in [6, 6.07) is 0.459. The highest BCUT2D eigenvalue weighted by molar-refractivity contribution is 5.78. The highest BCUT2D eigenvalue weighted by atomic mass is 16.5. The molecule has 2 heterocycles. The van der Waals surface area contributed by atoms with E-state index in [2.05, 4.69) is 32.4 Å². The molecule has 29 heavy (non-hydrogen) atoms. The Bertz CT molecular complexity index is 537. The van der Waals surface area contributed by atoms with E-state index in [-0.39, 0.29) is 18.2 Å². The number of likely N-dealkylation sites (tertiary alicyclic amines) is 1. The van der Waals surface area contributed by atoms with Crippen LogP contribution >= 0.6 is 0 Å². The maximum absolute atomic E-state index is 12.3. The predicted octanol–water partition coefficient (Wildman–Crippen LogP) is -0.424. The summed E-state index contributed by atoms with van der Waals surface area (Å²) in [7, 11) is 2.16. The van der Waals surface area contributed by atoms with Crippen LogP contribution in [0.5, 0.6) is 0 Å². The average molecular weight is 422 g/mol. The Labute approximate surface area is 173 Å². The van der Waals surface area contributed by atoms with E-state index in [0.717, 1.165) is 52.1 Å². The number of nitrogens with zero attached hydrogens (tertiary/aromatic N) is 3. The minimum Gasteiger partial charge on any atom is -0.481 e. The van der Waals surface area contributed by atoms with Gasteiger partial charge in [-0.05, 0) is 39.3 Å². The molecule has 0 radical (unpaired) electrons. The van der Waals surface area contributed by atoms with Gasteiger partial charge in [0.2, 0.25) is 11.8 Å². The van der Waals surface area contributed by atoms with Crippen LogP contribution in [-0.4, -0.2) is 110 Å². The monoisotopic (exact) mass is 422 g/mol. The molecule has 0 spiro atoms. The molecule has 0 aliphatic carbocycles. The third kappa shape index (κ3) is 9.56. The summed E-state index contributed by atoms with van der Waals surface area (Å²) in [5.74, 6) is -0.931. The number of aliphatic carboxylic acids is 1. The van der Waals surface area contributed by atoms with E-state index in [1.807, 2.05) is 0 Å². The number of nitrogens with one attached hydrogen (secondary N) is 2. The summed E-state index contributed by atoms with van der Waals surface area (Å²) in [5, 5.41) is 14.2.